The van der Waals surface area contributed by atoms with Gasteiger partial charge >= 0.3 is 0 Å². The van der Waals surface area contributed by atoms with E-state index in [1.807, 2.05) is 0 Å². The molecule has 0 fully saturated rings. The van der Waals surface area contributed by atoms with Gasteiger partial charge in [0.25, 0.3) is 0 Å². The molecule has 0 heterocycles. The van der Waals surface area contributed by atoms with Crippen LogP contribution in [-0.2, 0) is 20.8 Å². The van der Waals surface area contributed by atoms with Crippen LogP contribution >= 0.6 is 15.9 Å². The first-order valence-corrected chi connectivity index (χ1v) is 8.23. The SMILES string of the molecule is CC(CCS(C)=O)NS(=O)(=O)CBr. The fourth-order valence-electron chi connectivity index (χ4n) is 0.740. The van der Waals surface area contributed by atoms with E-state index in [1.165, 1.54) is 0 Å². The molecule has 0 spiro atoms. The Morgan fingerprint density at radius 2 is 2.08 bits per heavy atom. The van der Waals surface area contributed by atoms with Crippen molar-refractivity contribution < 1.29 is 12.6 Å². The lowest BCUT2D eigenvalue weighted by Gasteiger charge is -2.11. The third-order valence-corrected chi connectivity index (χ3v) is 5.03. The van der Waals surface area contributed by atoms with E-state index in [0.29, 0.717) is 12.2 Å². The van der Waals surface area contributed by atoms with Crippen LogP contribution in [-0.4, -0.2) is 35.3 Å². The molecule has 0 aromatic heterocycles. The maximum absolute atomic E-state index is 11.0. The van der Waals surface area contributed by atoms with Crippen molar-refractivity contribution in [1.29, 1.82) is 0 Å². The second-order valence-corrected chi connectivity index (χ2v) is 7.42. The molecule has 80 valence electrons. The largest absolute Gasteiger partial charge is 0.260 e. The first kappa shape index (κ1) is 13.5. The van der Waals surface area contributed by atoms with Crippen molar-refractivity contribution in [2.45, 2.75) is 19.4 Å². The Morgan fingerprint density at radius 3 is 2.46 bits per heavy atom. The zero-order valence-corrected chi connectivity index (χ0v) is 10.8. The average Bonchev–Trinajstić information content (AvgIpc) is 2.00. The van der Waals surface area contributed by atoms with Gasteiger partial charge in [0.2, 0.25) is 10.0 Å². The number of hydrogen-bond acceptors (Lipinski definition) is 3. The van der Waals surface area contributed by atoms with E-state index in [9.17, 15) is 12.6 Å². The van der Waals surface area contributed by atoms with E-state index in [4.69, 9.17) is 0 Å². The smallest absolute Gasteiger partial charge is 0.221 e. The molecule has 0 amide bonds. The van der Waals surface area contributed by atoms with E-state index >= 15 is 0 Å². The van der Waals surface area contributed by atoms with E-state index in [0.717, 1.165) is 0 Å². The van der Waals surface area contributed by atoms with Crippen LogP contribution in [0.2, 0.25) is 0 Å². The van der Waals surface area contributed by atoms with Gasteiger partial charge in [0.1, 0.15) is 4.66 Å². The molecule has 4 nitrogen and oxygen atoms in total. The van der Waals surface area contributed by atoms with Gasteiger partial charge in [-0.3, -0.25) is 4.21 Å². The molecule has 0 aliphatic rings. The summed E-state index contributed by atoms with van der Waals surface area (Å²) in [6, 6.07) is -0.161. The highest BCUT2D eigenvalue weighted by Crippen LogP contribution is 1.98. The maximum Gasteiger partial charge on any atom is 0.221 e. The van der Waals surface area contributed by atoms with Gasteiger partial charge in [-0.25, -0.2) is 13.1 Å². The normalized spacial score (nSPS) is 16.8. The van der Waals surface area contributed by atoms with Crippen LogP contribution in [0.25, 0.3) is 0 Å². The van der Waals surface area contributed by atoms with Crippen LogP contribution in [0.5, 0.6) is 0 Å². The summed E-state index contributed by atoms with van der Waals surface area (Å²) in [5.74, 6) is 0.520. The third-order valence-electron chi connectivity index (χ3n) is 1.36. The predicted octanol–water partition coefficient (Wildman–Crippen LogP) is 0.415. The Bertz CT molecular complexity index is 265. The fourth-order valence-corrected chi connectivity index (χ4v) is 2.62. The van der Waals surface area contributed by atoms with Gasteiger partial charge in [0, 0.05) is 28.9 Å². The van der Waals surface area contributed by atoms with Gasteiger partial charge in [-0.15, -0.1) is 0 Å². The third kappa shape index (κ3) is 7.60. The summed E-state index contributed by atoms with van der Waals surface area (Å²) in [6.07, 6.45) is 2.20. The van der Waals surface area contributed by atoms with Crippen molar-refractivity contribution in [3.05, 3.63) is 0 Å². The van der Waals surface area contributed by atoms with Gasteiger partial charge in [0.05, 0.1) is 0 Å². The number of halogens is 1. The lowest BCUT2D eigenvalue weighted by molar-refractivity contribution is 0.560. The Balaban J connectivity index is 3.88. The first-order valence-electron chi connectivity index (χ1n) is 3.73. The van der Waals surface area contributed by atoms with E-state index < -0.39 is 20.8 Å². The van der Waals surface area contributed by atoms with Gasteiger partial charge in [-0.2, -0.15) is 0 Å². The standard InChI is InChI=1S/C6H14BrNO3S2/c1-6(3-4-12(2)9)8-13(10,11)5-7/h6,8H,3-5H2,1-2H3. The second-order valence-electron chi connectivity index (χ2n) is 2.81. The molecule has 0 aromatic carbocycles. The van der Waals surface area contributed by atoms with Gasteiger partial charge in [-0.05, 0) is 13.3 Å². The van der Waals surface area contributed by atoms with Gasteiger partial charge in [-0.1, -0.05) is 15.9 Å². The summed E-state index contributed by atoms with van der Waals surface area (Å²) in [6.45, 7) is 1.76. The summed E-state index contributed by atoms with van der Waals surface area (Å²) in [5.41, 5.74) is 0. The summed E-state index contributed by atoms with van der Waals surface area (Å²) in [7, 11) is -4.06. The molecule has 0 radical (unpaired) electrons. The molecule has 0 aliphatic heterocycles. The highest BCUT2D eigenvalue weighted by Gasteiger charge is 2.12. The summed E-state index contributed by atoms with van der Waals surface area (Å²) in [5, 5.41) is 0. The molecule has 1 N–H and O–H groups in total. The van der Waals surface area contributed by atoms with Crippen LogP contribution in [0.3, 0.4) is 0 Å². The minimum atomic E-state index is -3.20. The fraction of sp³-hybridized carbons (Fsp3) is 1.00. The zero-order valence-electron chi connectivity index (χ0n) is 7.62. The second kappa shape index (κ2) is 6.10. The molecule has 0 aliphatic carbocycles. The van der Waals surface area contributed by atoms with E-state index in [2.05, 4.69) is 20.7 Å². The van der Waals surface area contributed by atoms with Crippen molar-refractivity contribution in [3.8, 4) is 0 Å². The number of alkyl halides is 1. The van der Waals surface area contributed by atoms with Gasteiger partial charge < -0.3 is 0 Å². The van der Waals surface area contributed by atoms with Crippen LogP contribution in [0.4, 0.5) is 0 Å². The zero-order chi connectivity index (χ0) is 10.5. The predicted molar refractivity (Wildman–Crippen MR) is 58.9 cm³/mol. The van der Waals surface area contributed by atoms with Crippen molar-refractivity contribution in [2.75, 3.05) is 16.7 Å². The van der Waals surface area contributed by atoms with Gasteiger partial charge in [0.15, 0.2) is 0 Å². The number of nitrogens with one attached hydrogen (secondary N) is 1. The van der Waals surface area contributed by atoms with Crippen LogP contribution in [0.15, 0.2) is 0 Å². The van der Waals surface area contributed by atoms with Crippen LogP contribution < -0.4 is 4.72 Å². The maximum atomic E-state index is 11.0. The summed E-state index contributed by atoms with van der Waals surface area (Å²) >= 11 is 2.87. The van der Waals surface area contributed by atoms with Crippen molar-refractivity contribution in [2.24, 2.45) is 0 Å². The molecule has 0 saturated heterocycles. The lowest BCUT2D eigenvalue weighted by atomic mass is 10.3. The van der Waals surface area contributed by atoms with Crippen LogP contribution in [0, 0.1) is 0 Å². The molecule has 0 aromatic rings. The number of rotatable bonds is 6. The summed E-state index contributed by atoms with van der Waals surface area (Å²) in [4.78, 5) is 0. The topological polar surface area (TPSA) is 63.2 Å². The number of sulfonamides is 1. The molecule has 13 heavy (non-hydrogen) atoms. The molecule has 2 atom stereocenters. The number of hydrogen-bond donors (Lipinski definition) is 1. The molecule has 7 heteroatoms. The molecular formula is C6H14BrNO3S2. The summed E-state index contributed by atoms with van der Waals surface area (Å²) < 4.78 is 35.1. The van der Waals surface area contributed by atoms with Crippen molar-refractivity contribution in [3.63, 3.8) is 0 Å². The highest BCUT2D eigenvalue weighted by molar-refractivity contribution is 9.10. The lowest BCUT2D eigenvalue weighted by Crippen LogP contribution is -2.34. The molecule has 2 unspecified atom stereocenters. The Labute approximate surface area is 90.1 Å². The van der Waals surface area contributed by atoms with Crippen molar-refractivity contribution >= 4 is 36.8 Å². The van der Waals surface area contributed by atoms with Crippen molar-refractivity contribution in [1.82, 2.24) is 4.72 Å². The van der Waals surface area contributed by atoms with E-state index in [1.54, 1.807) is 13.2 Å². The van der Waals surface area contributed by atoms with E-state index in [-0.39, 0.29) is 10.7 Å². The Hall–Kier alpha value is 0.540. The average molecular weight is 292 g/mol. The van der Waals surface area contributed by atoms with Crippen LogP contribution in [0.1, 0.15) is 13.3 Å². The first-order chi connectivity index (χ1) is 5.87. The monoisotopic (exact) mass is 291 g/mol. The molecule has 0 rings (SSSR count). The Morgan fingerprint density at radius 1 is 1.54 bits per heavy atom. The highest BCUT2D eigenvalue weighted by atomic mass is 79.9. The minimum Gasteiger partial charge on any atom is -0.260 e. The molecular weight excluding hydrogens is 278 g/mol. The quantitative estimate of drug-likeness (QED) is 0.721. The minimum absolute atomic E-state index is 0.0977. The molecule has 0 bridgehead atoms. The molecule has 0 saturated carbocycles. The Kier molecular flexibility index (Phi) is 6.36.